The van der Waals surface area contributed by atoms with Gasteiger partial charge >= 0.3 is 12.2 Å². The van der Waals surface area contributed by atoms with E-state index in [-0.39, 0.29) is 41.1 Å². The molecule has 0 spiro atoms. The lowest BCUT2D eigenvalue weighted by Gasteiger charge is -2.39. The van der Waals surface area contributed by atoms with Crippen LogP contribution in [0, 0.1) is 5.82 Å². The average molecular weight is 763 g/mol. The summed E-state index contributed by atoms with van der Waals surface area (Å²) in [5.74, 6) is -0.586. The molecule has 7 rings (SSSR count). The van der Waals surface area contributed by atoms with E-state index in [0.717, 1.165) is 48.9 Å². The molecular formula is C40H46F4N8O3. The number of nitrogens with one attached hydrogen (secondary N) is 2. The number of halogens is 4. The fraction of sp³-hybridized carbons (Fsp3) is 0.450. The van der Waals surface area contributed by atoms with E-state index in [2.05, 4.69) is 27.1 Å². The van der Waals surface area contributed by atoms with Crippen molar-refractivity contribution in [2.24, 2.45) is 0 Å². The number of fused-ring (bicyclic) bond motifs is 2. The molecular weight excluding hydrogens is 716 g/mol. The van der Waals surface area contributed by atoms with Crippen molar-refractivity contribution >= 4 is 34.2 Å². The van der Waals surface area contributed by atoms with Gasteiger partial charge in [0.1, 0.15) is 11.4 Å². The van der Waals surface area contributed by atoms with E-state index in [4.69, 9.17) is 9.72 Å². The largest absolute Gasteiger partial charge is 0.452 e. The quantitative estimate of drug-likeness (QED) is 0.177. The third-order valence-corrected chi connectivity index (χ3v) is 11.2. The van der Waals surface area contributed by atoms with Gasteiger partial charge in [0.25, 0.3) is 0 Å². The molecule has 292 valence electrons. The molecule has 2 unspecified atom stereocenters. The highest BCUT2D eigenvalue weighted by Gasteiger charge is 2.37. The summed E-state index contributed by atoms with van der Waals surface area (Å²) in [6.45, 7) is 12.9. The maximum atomic E-state index is 15.4. The number of hydrogen-bond donors (Lipinski definition) is 2. The zero-order chi connectivity index (χ0) is 39.0. The molecule has 1 fully saturated rings. The predicted molar refractivity (Wildman–Crippen MR) is 201 cm³/mol. The van der Waals surface area contributed by atoms with Crippen LogP contribution in [-0.2, 0) is 17.5 Å². The minimum Gasteiger partial charge on any atom is -0.452 e. The van der Waals surface area contributed by atoms with Crippen molar-refractivity contribution in [3.8, 4) is 11.5 Å². The molecule has 6 heterocycles. The summed E-state index contributed by atoms with van der Waals surface area (Å²) >= 11 is 0. The van der Waals surface area contributed by atoms with Crippen LogP contribution in [0.25, 0.3) is 16.6 Å². The molecule has 4 aromatic rings. The summed E-state index contributed by atoms with van der Waals surface area (Å²) in [7, 11) is 0. The fourth-order valence-corrected chi connectivity index (χ4v) is 7.81. The number of carbonyl (C=O) groups excluding carboxylic acids is 2. The maximum Gasteiger partial charge on any atom is 0.416 e. The Labute approximate surface area is 317 Å². The van der Waals surface area contributed by atoms with Crippen LogP contribution in [0.1, 0.15) is 80.6 Å². The van der Waals surface area contributed by atoms with Gasteiger partial charge in [-0.25, -0.2) is 14.2 Å². The number of aromatic amines is 1. The lowest BCUT2D eigenvalue weighted by Crippen LogP contribution is -2.45. The highest BCUT2D eigenvalue weighted by atomic mass is 19.4. The Balaban J connectivity index is 1.10. The number of benzene rings is 1. The van der Waals surface area contributed by atoms with Gasteiger partial charge in [0.15, 0.2) is 11.6 Å². The number of urea groups is 1. The van der Waals surface area contributed by atoms with Crippen molar-refractivity contribution in [2.75, 3.05) is 57.7 Å². The predicted octanol–water partition coefficient (Wildman–Crippen LogP) is 7.78. The standard InChI is InChI=1S/C40H46F4N8O3/c1-5-26-23-52(39(54)47-29-8-7-28(33(17-29)40(42,43)44)22-50-15-13-49(6-2)14-16-50)24(3)31-18-30(20-45-36(26)31)55-37-32-19-35(48-38(32)46-21-34(37)41)27-9-11-51(12-10-27)25(4)53/h7-9,17-21,24,26H,5-6,10-16,22-23H2,1-4H3,(H,46,48)(H,47,54). The molecule has 2 N–H and O–H groups in total. The molecule has 3 aliphatic rings. The molecule has 55 heavy (non-hydrogen) atoms. The first-order chi connectivity index (χ1) is 26.3. The van der Waals surface area contributed by atoms with E-state index in [1.807, 2.05) is 24.8 Å². The van der Waals surface area contributed by atoms with Gasteiger partial charge in [-0.2, -0.15) is 13.2 Å². The topological polar surface area (TPSA) is 110 Å². The summed E-state index contributed by atoms with van der Waals surface area (Å²) in [4.78, 5) is 45.4. The highest BCUT2D eigenvalue weighted by molar-refractivity contribution is 5.90. The first kappa shape index (κ1) is 38.3. The van der Waals surface area contributed by atoms with Gasteiger partial charge in [0.2, 0.25) is 5.91 Å². The molecule has 3 aromatic heterocycles. The number of pyridine rings is 2. The molecule has 11 nitrogen and oxygen atoms in total. The lowest BCUT2D eigenvalue weighted by molar-refractivity contribution is -0.138. The van der Waals surface area contributed by atoms with E-state index >= 15 is 4.39 Å². The number of alkyl halides is 3. The molecule has 0 radical (unpaired) electrons. The number of hydrogen-bond acceptors (Lipinski definition) is 7. The minimum absolute atomic E-state index is 0.00466. The van der Waals surface area contributed by atoms with Crippen molar-refractivity contribution in [3.05, 3.63) is 82.7 Å². The van der Waals surface area contributed by atoms with E-state index in [0.29, 0.717) is 62.2 Å². The normalized spacial score (nSPS) is 19.7. The van der Waals surface area contributed by atoms with Crippen molar-refractivity contribution in [3.63, 3.8) is 0 Å². The summed E-state index contributed by atoms with van der Waals surface area (Å²) in [6, 6.07) is 6.47. The number of H-pyrrole nitrogens is 1. The SMILES string of the molecule is CCC1CN(C(=O)Nc2ccc(CN3CCN(CC)CC3)c(C(F)(F)F)c2)C(C)c2cc(Oc3c(F)cnc4[nH]c(C5=CCN(C(C)=O)CC5)cc34)cnc21. The first-order valence-electron chi connectivity index (χ1n) is 18.8. The van der Waals surface area contributed by atoms with Crippen molar-refractivity contribution in [2.45, 2.75) is 65.2 Å². The smallest absolute Gasteiger partial charge is 0.416 e. The summed E-state index contributed by atoms with van der Waals surface area (Å²) in [5, 5.41) is 3.16. The van der Waals surface area contributed by atoms with Crippen LogP contribution < -0.4 is 10.1 Å². The zero-order valence-corrected chi connectivity index (χ0v) is 31.5. The van der Waals surface area contributed by atoms with E-state index < -0.39 is 29.6 Å². The van der Waals surface area contributed by atoms with E-state index in [1.165, 1.54) is 25.3 Å². The number of ether oxygens (including phenoxy) is 1. The second-order valence-electron chi connectivity index (χ2n) is 14.5. The molecule has 1 aromatic carbocycles. The zero-order valence-electron chi connectivity index (χ0n) is 31.5. The van der Waals surface area contributed by atoms with Gasteiger partial charge in [-0.05, 0) is 67.3 Å². The number of piperazine rings is 1. The van der Waals surface area contributed by atoms with E-state index in [9.17, 15) is 22.8 Å². The molecule has 3 aliphatic heterocycles. The van der Waals surface area contributed by atoms with Gasteiger partial charge in [0, 0.05) is 76.6 Å². The van der Waals surface area contributed by atoms with Crippen molar-refractivity contribution < 1.29 is 31.9 Å². The third-order valence-electron chi connectivity index (χ3n) is 11.2. The Morgan fingerprint density at radius 2 is 1.78 bits per heavy atom. The Bertz CT molecular complexity index is 2110. The van der Waals surface area contributed by atoms with Crippen LogP contribution in [0.5, 0.6) is 11.5 Å². The van der Waals surface area contributed by atoms with E-state index in [1.54, 1.807) is 21.9 Å². The molecule has 3 amide bonds. The van der Waals surface area contributed by atoms with Gasteiger partial charge in [-0.15, -0.1) is 0 Å². The first-order valence-corrected chi connectivity index (χ1v) is 18.8. The number of aromatic nitrogens is 3. The van der Waals surface area contributed by atoms with Gasteiger partial charge in [0.05, 0.1) is 35.1 Å². The highest BCUT2D eigenvalue weighted by Crippen LogP contribution is 2.41. The van der Waals surface area contributed by atoms with Crippen molar-refractivity contribution in [1.29, 1.82) is 0 Å². The van der Waals surface area contributed by atoms with Crippen LogP contribution in [0.4, 0.5) is 28.0 Å². The van der Waals surface area contributed by atoms with Crippen LogP contribution in [0.3, 0.4) is 0 Å². The van der Waals surface area contributed by atoms with Gasteiger partial charge < -0.3 is 29.7 Å². The van der Waals surface area contributed by atoms with Crippen LogP contribution in [0.2, 0.25) is 0 Å². The Kier molecular flexibility index (Phi) is 10.9. The average Bonchev–Trinajstić information content (AvgIpc) is 3.61. The number of rotatable bonds is 8. The fourth-order valence-electron chi connectivity index (χ4n) is 7.81. The molecule has 0 bridgehead atoms. The van der Waals surface area contributed by atoms with Gasteiger partial charge in [-0.3, -0.25) is 14.7 Å². The minimum atomic E-state index is -4.60. The Morgan fingerprint density at radius 1 is 1.02 bits per heavy atom. The number of nitrogens with zero attached hydrogens (tertiary/aromatic N) is 6. The number of carbonyl (C=O) groups is 2. The molecule has 0 saturated carbocycles. The molecule has 1 saturated heterocycles. The number of anilines is 1. The second kappa shape index (κ2) is 15.6. The van der Waals surface area contributed by atoms with Crippen LogP contribution in [-0.4, -0.2) is 98.8 Å². The molecule has 15 heteroatoms. The van der Waals surface area contributed by atoms with Gasteiger partial charge in [-0.1, -0.05) is 26.0 Å². The maximum absolute atomic E-state index is 15.4. The van der Waals surface area contributed by atoms with Crippen LogP contribution >= 0.6 is 0 Å². The molecule has 0 aliphatic carbocycles. The summed E-state index contributed by atoms with van der Waals surface area (Å²) in [6.07, 6.45) is 1.28. The lowest BCUT2D eigenvalue weighted by atomic mass is 9.88. The second-order valence-corrected chi connectivity index (χ2v) is 14.5. The summed E-state index contributed by atoms with van der Waals surface area (Å²) < 4.78 is 64.5. The Morgan fingerprint density at radius 3 is 2.45 bits per heavy atom. The van der Waals surface area contributed by atoms with Crippen molar-refractivity contribution in [1.82, 2.24) is 34.6 Å². The Hall–Kier alpha value is -5.02. The monoisotopic (exact) mass is 762 g/mol. The third kappa shape index (κ3) is 8.04. The number of likely N-dealkylation sites (N-methyl/N-ethyl adjacent to an activating group) is 1. The summed E-state index contributed by atoms with van der Waals surface area (Å²) in [5.41, 5.74) is 3.12. The number of amides is 3. The van der Waals surface area contributed by atoms with Crippen LogP contribution in [0.15, 0.2) is 48.8 Å². The molecule has 2 atom stereocenters.